The fraction of sp³-hybridized carbons (Fsp3) is 0.556. The zero-order valence-electron chi connectivity index (χ0n) is 7.74. The summed E-state index contributed by atoms with van der Waals surface area (Å²) < 4.78 is 5.51. The zero-order valence-corrected chi connectivity index (χ0v) is 7.74. The molecule has 0 amide bonds. The Morgan fingerprint density at radius 2 is 2.08 bits per heavy atom. The smallest absolute Gasteiger partial charge is 0.0910 e. The molecule has 0 aromatic carbocycles. The maximum Gasteiger partial charge on any atom is 0.0910 e. The lowest BCUT2D eigenvalue weighted by Gasteiger charge is -2.18. The summed E-state index contributed by atoms with van der Waals surface area (Å²) in [5.74, 6) is 0. The van der Waals surface area contributed by atoms with Crippen molar-refractivity contribution in [2.75, 3.05) is 0 Å². The first-order valence-corrected chi connectivity index (χ1v) is 3.97. The van der Waals surface area contributed by atoms with Crippen LogP contribution < -0.4 is 0 Å². The molecule has 1 rings (SSSR count). The predicted octanol–water partition coefficient (Wildman–Crippen LogP) is 1.79. The van der Waals surface area contributed by atoms with Gasteiger partial charge in [-0.1, -0.05) is 0 Å². The third-order valence-corrected chi connectivity index (χ3v) is 1.27. The van der Waals surface area contributed by atoms with E-state index < -0.39 is 0 Å². The molecule has 0 radical (unpaired) electrons. The highest BCUT2D eigenvalue weighted by Crippen LogP contribution is 2.09. The molecule has 0 aliphatic rings. The molecule has 0 aliphatic carbocycles. The first-order valence-electron chi connectivity index (χ1n) is 3.97. The number of rotatable bonds is 2. The lowest BCUT2D eigenvalue weighted by Crippen LogP contribution is -2.19. The lowest BCUT2D eigenvalue weighted by molar-refractivity contribution is -0.0166. The third kappa shape index (κ3) is 3.44. The fourth-order valence-corrected chi connectivity index (χ4v) is 0.695. The number of aromatic nitrogens is 2. The molecule has 0 N–H and O–H groups in total. The van der Waals surface area contributed by atoms with Crippen molar-refractivity contribution in [1.29, 1.82) is 0 Å². The highest BCUT2D eigenvalue weighted by molar-refractivity contribution is 4.92. The Morgan fingerprint density at radius 1 is 1.33 bits per heavy atom. The van der Waals surface area contributed by atoms with Crippen molar-refractivity contribution >= 4 is 0 Å². The van der Waals surface area contributed by atoms with Gasteiger partial charge in [0.1, 0.15) is 0 Å². The molecule has 3 heteroatoms. The maximum atomic E-state index is 5.51. The largest absolute Gasteiger partial charge is 0.370 e. The molecule has 0 saturated heterocycles. The van der Waals surface area contributed by atoms with Gasteiger partial charge in [0.15, 0.2) is 0 Å². The van der Waals surface area contributed by atoms with Crippen molar-refractivity contribution in [1.82, 2.24) is 9.97 Å². The summed E-state index contributed by atoms with van der Waals surface area (Å²) in [5.41, 5.74) is 0.754. The van der Waals surface area contributed by atoms with E-state index in [-0.39, 0.29) is 5.60 Å². The Balaban J connectivity index is 2.44. The quantitative estimate of drug-likeness (QED) is 0.671. The van der Waals surface area contributed by atoms with E-state index in [2.05, 4.69) is 9.97 Å². The Labute approximate surface area is 72.8 Å². The van der Waals surface area contributed by atoms with Crippen molar-refractivity contribution in [3.63, 3.8) is 0 Å². The monoisotopic (exact) mass is 166 g/mol. The Hall–Kier alpha value is -0.960. The number of hydrogen-bond donors (Lipinski definition) is 0. The average Bonchev–Trinajstić information content (AvgIpc) is 2.02. The van der Waals surface area contributed by atoms with Crippen molar-refractivity contribution < 1.29 is 4.74 Å². The molecule has 1 aromatic heterocycles. The first kappa shape index (κ1) is 9.13. The summed E-state index contributed by atoms with van der Waals surface area (Å²) in [7, 11) is 0. The van der Waals surface area contributed by atoms with Crippen LogP contribution in [0.25, 0.3) is 0 Å². The summed E-state index contributed by atoms with van der Waals surface area (Å²) in [4.78, 5) is 8.04. The molecule has 1 heterocycles. The maximum absolute atomic E-state index is 5.51. The lowest BCUT2D eigenvalue weighted by atomic mass is 10.2. The average molecular weight is 166 g/mol. The van der Waals surface area contributed by atoms with Gasteiger partial charge < -0.3 is 4.74 Å². The van der Waals surface area contributed by atoms with Crippen LogP contribution in [0, 0.1) is 0 Å². The highest BCUT2D eigenvalue weighted by atomic mass is 16.5. The second-order valence-corrected chi connectivity index (χ2v) is 3.60. The molecule has 1 aromatic rings. The van der Waals surface area contributed by atoms with Crippen LogP contribution in [0.4, 0.5) is 0 Å². The SMILES string of the molecule is CC(C)(C)OCc1cnccn1. The van der Waals surface area contributed by atoms with Gasteiger partial charge in [-0.3, -0.25) is 9.97 Å². The first-order chi connectivity index (χ1) is 5.58. The molecule has 0 bridgehead atoms. The Bertz CT molecular complexity index is 228. The van der Waals surface area contributed by atoms with Gasteiger partial charge >= 0.3 is 0 Å². The molecule has 3 nitrogen and oxygen atoms in total. The molecule has 0 spiro atoms. The van der Waals surface area contributed by atoms with Crippen molar-refractivity contribution in [3.05, 3.63) is 24.3 Å². The van der Waals surface area contributed by atoms with Crippen LogP contribution >= 0.6 is 0 Å². The van der Waals surface area contributed by atoms with Gasteiger partial charge in [-0.05, 0) is 20.8 Å². The van der Waals surface area contributed by atoms with E-state index in [4.69, 9.17) is 4.74 Å². The van der Waals surface area contributed by atoms with Crippen LogP contribution in [0.3, 0.4) is 0 Å². The van der Waals surface area contributed by atoms with Crippen LogP contribution in [0.2, 0.25) is 0 Å². The van der Waals surface area contributed by atoms with Crippen molar-refractivity contribution in [2.45, 2.75) is 33.0 Å². The second-order valence-electron chi connectivity index (χ2n) is 3.60. The molecule has 0 fully saturated rings. The van der Waals surface area contributed by atoms with Crippen molar-refractivity contribution in [3.8, 4) is 0 Å². The minimum atomic E-state index is -0.114. The topological polar surface area (TPSA) is 35.0 Å². The zero-order chi connectivity index (χ0) is 9.03. The van der Waals surface area contributed by atoms with E-state index in [1.807, 2.05) is 20.8 Å². The Kier molecular flexibility index (Phi) is 2.76. The van der Waals surface area contributed by atoms with Gasteiger partial charge in [-0.25, -0.2) is 0 Å². The van der Waals surface area contributed by atoms with E-state index in [0.717, 1.165) is 5.69 Å². The summed E-state index contributed by atoms with van der Waals surface area (Å²) in [6.45, 7) is 6.58. The molecular formula is C9H14N2O. The van der Waals surface area contributed by atoms with Crippen LogP contribution in [-0.2, 0) is 11.3 Å². The molecule has 0 atom stereocenters. The number of nitrogens with zero attached hydrogens (tertiary/aromatic N) is 2. The third-order valence-electron chi connectivity index (χ3n) is 1.27. The Morgan fingerprint density at radius 3 is 2.58 bits per heavy atom. The molecule has 12 heavy (non-hydrogen) atoms. The summed E-state index contributed by atoms with van der Waals surface area (Å²) in [6.07, 6.45) is 5.04. The molecule has 0 saturated carbocycles. The van der Waals surface area contributed by atoms with E-state index >= 15 is 0 Å². The van der Waals surface area contributed by atoms with Crippen LogP contribution in [0.5, 0.6) is 0 Å². The van der Waals surface area contributed by atoms with E-state index in [0.29, 0.717) is 6.61 Å². The minimum absolute atomic E-state index is 0.114. The van der Waals surface area contributed by atoms with Gasteiger partial charge in [0.25, 0.3) is 0 Å². The molecule has 0 unspecified atom stereocenters. The van der Waals surface area contributed by atoms with Gasteiger partial charge in [0.05, 0.1) is 24.1 Å². The summed E-state index contributed by atoms with van der Waals surface area (Å²) in [6, 6.07) is 0. The summed E-state index contributed by atoms with van der Waals surface area (Å²) >= 11 is 0. The normalized spacial score (nSPS) is 11.6. The van der Waals surface area contributed by atoms with Crippen molar-refractivity contribution in [2.24, 2.45) is 0 Å². The van der Waals surface area contributed by atoms with E-state index in [1.165, 1.54) is 0 Å². The van der Waals surface area contributed by atoms with Crippen LogP contribution in [0.1, 0.15) is 26.5 Å². The van der Waals surface area contributed by atoms with Gasteiger partial charge in [-0.2, -0.15) is 0 Å². The molecular weight excluding hydrogens is 152 g/mol. The van der Waals surface area contributed by atoms with Gasteiger partial charge in [0.2, 0.25) is 0 Å². The highest BCUT2D eigenvalue weighted by Gasteiger charge is 2.09. The van der Waals surface area contributed by atoms with Gasteiger partial charge in [0, 0.05) is 12.4 Å². The standard InChI is InChI=1S/C9H14N2O/c1-9(2,3)12-7-8-6-10-4-5-11-8/h4-6H,7H2,1-3H3. The van der Waals surface area contributed by atoms with Crippen LogP contribution in [-0.4, -0.2) is 15.6 Å². The minimum Gasteiger partial charge on any atom is -0.370 e. The van der Waals surface area contributed by atoms with Gasteiger partial charge in [-0.15, -0.1) is 0 Å². The fourth-order valence-electron chi connectivity index (χ4n) is 0.695. The molecule has 0 aliphatic heterocycles. The number of hydrogen-bond acceptors (Lipinski definition) is 3. The second kappa shape index (κ2) is 3.63. The number of ether oxygens (including phenoxy) is 1. The van der Waals surface area contributed by atoms with E-state index in [9.17, 15) is 0 Å². The summed E-state index contributed by atoms with van der Waals surface area (Å²) in [5, 5.41) is 0. The molecule has 66 valence electrons. The predicted molar refractivity (Wildman–Crippen MR) is 46.6 cm³/mol. The van der Waals surface area contributed by atoms with Crippen LogP contribution in [0.15, 0.2) is 18.6 Å². The van der Waals surface area contributed by atoms with E-state index in [1.54, 1.807) is 18.6 Å².